The van der Waals surface area contributed by atoms with E-state index >= 15 is 0 Å². The van der Waals surface area contributed by atoms with E-state index < -0.39 is 17.5 Å². The van der Waals surface area contributed by atoms with Gasteiger partial charge in [0.05, 0.1) is 5.52 Å². The smallest absolute Gasteiger partial charge is 0.417 e. The summed E-state index contributed by atoms with van der Waals surface area (Å²) >= 11 is 0. The number of carbonyl (C=O) groups is 1. The molecule has 2 N–H and O–H groups in total. The van der Waals surface area contributed by atoms with Gasteiger partial charge in [0, 0.05) is 6.54 Å². The highest BCUT2D eigenvalue weighted by Gasteiger charge is 2.15. The zero-order chi connectivity index (χ0) is 18.0. The summed E-state index contributed by atoms with van der Waals surface area (Å²) in [6.07, 6.45) is -0.439. The molecule has 2 aromatic carbocycles. The van der Waals surface area contributed by atoms with Crippen LogP contribution in [0.5, 0.6) is 0 Å². The molecule has 0 aliphatic rings. The first-order valence-electron chi connectivity index (χ1n) is 7.99. The van der Waals surface area contributed by atoms with Gasteiger partial charge < -0.3 is 14.5 Å². The molecule has 3 rings (SSSR count). The van der Waals surface area contributed by atoms with Gasteiger partial charge >= 0.3 is 11.8 Å². The molecule has 0 fully saturated rings. The van der Waals surface area contributed by atoms with E-state index in [9.17, 15) is 9.59 Å². The number of nitrogens with one attached hydrogen (secondary N) is 2. The molecule has 0 atom stereocenters. The summed E-state index contributed by atoms with van der Waals surface area (Å²) in [5.74, 6) is -0.462. The number of fused-ring (bicyclic) bond motifs is 1. The van der Waals surface area contributed by atoms with Crippen LogP contribution in [-0.4, -0.2) is 16.7 Å². The van der Waals surface area contributed by atoms with E-state index in [-0.39, 0.29) is 0 Å². The Bertz CT molecular complexity index is 946. The number of oxazole rings is 1. The van der Waals surface area contributed by atoms with Crippen molar-refractivity contribution in [2.75, 3.05) is 0 Å². The Morgan fingerprint density at radius 2 is 1.80 bits per heavy atom. The minimum Gasteiger partial charge on any atom is -0.444 e. The van der Waals surface area contributed by atoms with Gasteiger partial charge in [-0.05, 0) is 49.6 Å². The number of hydrogen-bond acceptors (Lipinski definition) is 4. The number of alkyl carbamates (subject to hydrolysis) is 1. The normalized spacial score (nSPS) is 11.5. The number of hydrogen-bond donors (Lipinski definition) is 2. The largest absolute Gasteiger partial charge is 0.444 e. The third-order valence-electron chi connectivity index (χ3n) is 3.54. The molecule has 25 heavy (non-hydrogen) atoms. The van der Waals surface area contributed by atoms with Crippen molar-refractivity contribution >= 4 is 17.2 Å². The summed E-state index contributed by atoms with van der Waals surface area (Å²) in [6, 6.07) is 13.3. The zero-order valence-corrected chi connectivity index (χ0v) is 14.4. The van der Waals surface area contributed by atoms with E-state index in [1.54, 1.807) is 6.07 Å². The van der Waals surface area contributed by atoms with E-state index in [2.05, 4.69) is 10.3 Å². The summed E-state index contributed by atoms with van der Waals surface area (Å²) in [7, 11) is 0. The second-order valence-electron chi connectivity index (χ2n) is 6.78. The predicted molar refractivity (Wildman–Crippen MR) is 95.3 cm³/mol. The molecule has 1 aromatic heterocycles. The average molecular weight is 340 g/mol. The zero-order valence-electron chi connectivity index (χ0n) is 14.4. The fourth-order valence-corrected chi connectivity index (χ4v) is 2.44. The molecule has 0 saturated heterocycles. The van der Waals surface area contributed by atoms with Crippen LogP contribution in [0.3, 0.4) is 0 Å². The van der Waals surface area contributed by atoms with Gasteiger partial charge in [0.2, 0.25) is 0 Å². The van der Waals surface area contributed by atoms with Crippen LogP contribution >= 0.6 is 0 Å². The lowest BCUT2D eigenvalue weighted by Crippen LogP contribution is -2.32. The Balaban J connectivity index is 1.69. The summed E-state index contributed by atoms with van der Waals surface area (Å²) < 4.78 is 10.2. The van der Waals surface area contributed by atoms with Gasteiger partial charge in [-0.15, -0.1) is 0 Å². The molecule has 0 unspecified atom stereocenters. The lowest BCUT2D eigenvalue weighted by molar-refractivity contribution is 0.0523. The fourth-order valence-electron chi connectivity index (χ4n) is 2.44. The van der Waals surface area contributed by atoms with E-state index in [0.29, 0.717) is 17.6 Å². The molecule has 0 aliphatic carbocycles. The number of H-pyrrole nitrogens is 1. The second kappa shape index (κ2) is 6.47. The first-order chi connectivity index (χ1) is 11.8. The quantitative estimate of drug-likeness (QED) is 0.759. The molecule has 1 amide bonds. The summed E-state index contributed by atoms with van der Waals surface area (Å²) in [4.78, 5) is 25.6. The van der Waals surface area contributed by atoms with Crippen LogP contribution in [0.4, 0.5) is 4.79 Å². The average Bonchev–Trinajstić information content (AvgIpc) is 2.91. The van der Waals surface area contributed by atoms with E-state index in [4.69, 9.17) is 9.15 Å². The molecule has 3 aromatic rings. The Labute approximate surface area is 144 Å². The van der Waals surface area contributed by atoms with E-state index in [0.717, 1.165) is 16.7 Å². The van der Waals surface area contributed by atoms with Crippen molar-refractivity contribution in [3.05, 3.63) is 58.6 Å². The highest BCUT2D eigenvalue weighted by Crippen LogP contribution is 2.23. The van der Waals surface area contributed by atoms with Crippen molar-refractivity contribution in [3.8, 4) is 11.1 Å². The van der Waals surface area contributed by atoms with Gasteiger partial charge in [-0.3, -0.25) is 4.98 Å². The van der Waals surface area contributed by atoms with Gasteiger partial charge in [-0.2, -0.15) is 0 Å². The molecule has 0 aliphatic heterocycles. The molecule has 130 valence electrons. The van der Waals surface area contributed by atoms with Crippen molar-refractivity contribution in [2.45, 2.75) is 32.9 Å². The first-order valence-corrected chi connectivity index (χ1v) is 7.99. The van der Waals surface area contributed by atoms with Crippen molar-refractivity contribution < 1.29 is 13.9 Å². The van der Waals surface area contributed by atoms with Gasteiger partial charge in [0.1, 0.15) is 5.60 Å². The number of benzene rings is 2. The summed E-state index contributed by atoms with van der Waals surface area (Å²) in [5, 5.41) is 2.73. The van der Waals surface area contributed by atoms with Crippen LogP contribution in [0.2, 0.25) is 0 Å². The lowest BCUT2D eigenvalue weighted by atomic mass is 10.0. The molecule has 6 heteroatoms. The van der Waals surface area contributed by atoms with Crippen LogP contribution in [-0.2, 0) is 11.3 Å². The van der Waals surface area contributed by atoms with Crippen LogP contribution in [0.25, 0.3) is 22.2 Å². The molecule has 0 saturated carbocycles. The number of carbonyl (C=O) groups excluding carboxylic acids is 1. The highest BCUT2D eigenvalue weighted by atomic mass is 16.6. The van der Waals surface area contributed by atoms with Gasteiger partial charge in [0.25, 0.3) is 0 Å². The first kappa shape index (κ1) is 16.8. The SMILES string of the molecule is CC(C)(C)OC(=O)NCc1ccc(-c2ccc3oc(=O)[nH]c3c2)cc1. The minimum absolute atomic E-state index is 0.392. The number of amides is 1. The van der Waals surface area contributed by atoms with Crippen molar-refractivity contribution in [1.29, 1.82) is 0 Å². The van der Waals surface area contributed by atoms with Crippen LogP contribution in [0.1, 0.15) is 26.3 Å². The second-order valence-corrected chi connectivity index (χ2v) is 6.78. The van der Waals surface area contributed by atoms with Crippen molar-refractivity contribution in [2.24, 2.45) is 0 Å². The Hall–Kier alpha value is -3.02. The molecule has 0 radical (unpaired) electrons. The molecule has 6 nitrogen and oxygen atoms in total. The molecular weight excluding hydrogens is 320 g/mol. The van der Waals surface area contributed by atoms with Crippen LogP contribution < -0.4 is 11.1 Å². The maximum atomic E-state index is 11.7. The minimum atomic E-state index is -0.513. The Morgan fingerprint density at radius 3 is 2.48 bits per heavy atom. The number of rotatable bonds is 3. The maximum Gasteiger partial charge on any atom is 0.417 e. The Morgan fingerprint density at radius 1 is 1.12 bits per heavy atom. The van der Waals surface area contributed by atoms with Crippen LogP contribution in [0, 0.1) is 0 Å². The summed E-state index contributed by atoms with van der Waals surface area (Å²) in [6.45, 7) is 5.87. The maximum absolute atomic E-state index is 11.7. The van der Waals surface area contributed by atoms with E-state index in [1.807, 2.05) is 57.2 Å². The Kier molecular flexibility index (Phi) is 4.35. The molecule has 1 heterocycles. The van der Waals surface area contributed by atoms with Crippen LogP contribution in [0.15, 0.2) is 51.7 Å². The van der Waals surface area contributed by atoms with E-state index in [1.165, 1.54) is 0 Å². The van der Waals surface area contributed by atoms with Gasteiger partial charge in [-0.25, -0.2) is 9.59 Å². The third-order valence-corrected chi connectivity index (χ3v) is 3.54. The van der Waals surface area contributed by atoms with Gasteiger partial charge in [-0.1, -0.05) is 30.3 Å². The lowest BCUT2D eigenvalue weighted by Gasteiger charge is -2.19. The predicted octanol–water partition coefficient (Wildman–Crippen LogP) is 3.81. The highest BCUT2D eigenvalue weighted by molar-refractivity contribution is 5.80. The molecule has 0 bridgehead atoms. The monoisotopic (exact) mass is 340 g/mol. The number of aromatic nitrogens is 1. The number of aromatic amines is 1. The third kappa shape index (κ3) is 4.29. The van der Waals surface area contributed by atoms with Crippen molar-refractivity contribution in [3.63, 3.8) is 0 Å². The fraction of sp³-hybridized carbons (Fsp3) is 0.263. The standard InChI is InChI=1S/C19H20N2O4/c1-19(2,3)25-17(22)20-11-12-4-6-13(7-5-12)14-8-9-16-15(10-14)21-18(23)24-16/h4-10H,11H2,1-3H3,(H,20,22)(H,21,23). The molecule has 0 spiro atoms. The summed E-state index contributed by atoms with van der Waals surface area (Å²) in [5.41, 5.74) is 3.62. The van der Waals surface area contributed by atoms with Crippen molar-refractivity contribution in [1.82, 2.24) is 10.3 Å². The number of ether oxygens (including phenoxy) is 1. The van der Waals surface area contributed by atoms with Gasteiger partial charge in [0.15, 0.2) is 5.58 Å². The molecular formula is C19H20N2O4. The topological polar surface area (TPSA) is 84.3 Å².